The zero-order valence-corrected chi connectivity index (χ0v) is 13.1. The number of anilines is 1. The van der Waals surface area contributed by atoms with Crippen LogP contribution in [0.5, 0.6) is 11.8 Å². The van der Waals surface area contributed by atoms with E-state index < -0.39 is 5.82 Å². The van der Waals surface area contributed by atoms with Crippen LogP contribution < -0.4 is 14.8 Å². The Labute approximate surface area is 138 Å². The Morgan fingerprint density at radius 2 is 2.04 bits per heavy atom. The van der Waals surface area contributed by atoms with Crippen molar-refractivity contribution in [1.82, 2.24) is 14.9 Å². The van der Waals surface area contributed by atoms with Gasteiger partial charge in [0, 0.05) is 25.4 Å². The second-order valence-electron chi connectivity index (χ2n) is 5.26. The number of urea groups is 1. The van der Waals surface area contributed by atoms with Gasteiger partial charge in [-0.3, -0.25) is 0 Å². The summed E-state index contributed by atoms with van der Waals surface area (Å²) in [7, 11) is 1.49. The molecule has 1 unspecified atom stereocenters. The van der Waals surface area contributed by atoms with Crippen LogP contribution in [0.25, 0.3) is 0 Å². The van der Waals surface area contributed by atoms with Crippen molar-refractivity contribution in [3.05, 3.63) is 42.5 Å². The maximum atomic E-state index is 13.6. The predicted octanol–water partition coefficient (Wildman–Crippen LogP) is 2.31. The van der Waals surface area contributed by atoms with Crippen LogP contribution in [0.4, 0.5) is 14.9 Å². The first-order chi connectivity index (χ1) is 11.7. The van der Waals surface area contributed by atoms with Crippen LogP contribution in [0.3, 0.4) is 0 Å². The number of rotatable bonds is 4. The fraction of sp³-hybridized carbons (Fsp3) is 0.312. The Kier molecular flexibility index (Phi) is 4.74. The Morgan fingerprint density at radius 1 is 1.29 bits per heavy atom. The summed E-state index contributed by atoms with van der Waals surface area (Å²) in [5, 5.41) is 2.56. The highest BCUT2D eigenvalue weighted by atomic mass is 19.1. The number of hydrogen-bond acceptors (Lipinski definition) is 5. The number of para-hydroxylation sites is 1. The number of methoxy groups -OCH3 is 1. The number of halogens is 1. The van der Waals surface area contributed by atoms with Crippen molar-refractivity contribution in [1.29, 1.82) is 0 Å². The summed E-state index contributed by atoms with van der Waals surface area (Å²) in [5.41, 5.74) is 0.155. The van der Waals surface area contributed by atoms with Gasteiger partial charge in [-0.1, -0.05) is 12.1 Å². The van der Waals surface area contributed by atoms with E-state index in [0.29, 0.717) is 31.3 Å². The summed E-state index contributed by atoms with van der Waals surface area (Å²) in [5.74, 6) is 0.121. The molecule has 3 rings (SSSR count). The molecule has 0 bridgehead atoms. The summed E-state index contributed by atoms with van der Waals surface area (Å²) in [6.07, 6.45) is 3.44. The molecule has 1 N–H and O–H groups in total. The number of carbonyl (C=O) groups excluding carboxylic acids is 1. The van der Waals surface area contributed by atoms with Gasteiger partial charge < -0.3 is 19.7 Å². The van der Waals surface area contributed by atoms with Crippen molar-refractivity contribution >= 4 is 11.7 Å². The quantitative estimate of drug-likeness (QED) is 0.930. The van der Waals surface area contributed by atoms with Crippen LogP contribution in [-0.4, -0.2) is 47.2 Å². The topological polar surface area (TPSA) is 76.6 Å². The lowest BCUT2D eigenvalue weighted by Gasteiger charge is -2.18. The summed E-state index contributed by atoms with van der Waals surface area (Å²) in [6.45, 7) is 0.882. The molecular weight excluding hydrogens is 315 g/mol. The van der Waals surface area contributed by atoms with Gasteiger partial charge in [0.05, 0.1) is 19.3 Å². The first-order valence-electron chi connectivity index (χ1n) is 7.49. The molecule has 1 aliphatic heterocycles. The van der Waals surface area contributed by atoms with E-state index in [-0.39, 0.29) is 17.8 Å². The van der Waals surface area contributed by atoms with Gasteiger partial charge in [-0.15, -0.1) is 0 Å². The number of carbonyl (C=O) groups is 1. The van der Waals surface area contributed by atoms with Gasteiger partial charge in [0.2, 0.25) is 0 Å². The van der Waals surface area contributed by atoms with Gasteiger partial charge in [0.15, 0.2) is 0 Å². The zero-order valence-electron chi connectivity index (χ0n) is 13.1. The van der Waals surface area contributed by atoms with E-state index in [0.717, 1.165) is 0 Å². The molecule has 0 saturated carbocycles. The van der Waals surface area contributed by atoms with Crippen LogP contribution >= 0.6 is 0 Å². The SMILES string of the molecule is COc1nccnc1OC1CCN(C(=O)Nc2ccccc2F)C1. The molecule has 1 atom stereocenters. The van der Waals surface area contributed by atoms with Crippen molar-refractivity contribution in [3.63, 3.8) is 0 Å². The average Bonchev–Trinajstić information content (AvgIpc) is 3.06. The van der Waals surface area contributed by atoms with Crippen LogP contribution in [0.15, 0.2) is 36.7 Å². The highest BCUT2D eigenvalue weighted by Crippen LogP contribution is 2.24. The number of ether oxygens (including phenoxy) is 2. The molecule has 2 heterocycles. The normalized spacial score (nSPS) is 16.8. The minimum Gasteiger partial charge on any atom is -0.477 e. The van der Waals surface area contributed by atoms with Crippen LogP contribution in [0.2, 0.25) is 0 Å². The van der Waals surface area contributed by atoms with Crippen LogP contribution in [0.1, 0.15) is 6.42 Å². The monoisotopic (exact) mass is 332 g/mol. The summed E-state index contributed by atoms with van der Waals surface area (Å²) < 4.78 is 24.4. The molecule has 0 radical (unpaired) electrons. The average molecular weight is 332 g/mol. The van der Waals surface area contributed by atoms with Crippen molar-refractivity contribution in [2.75, 3.05) is 25.5 Å². The molecule has 126 valence electrons. The zero-order chi connectivity index (χ0) is 16.9. The largest absolute Gasteiger partial charge is 0.477 e. The van der Waals surface area contributed by atoms with Crippen molar-refractivity contribution in [3.8, 4) is 11.8 Å². The van der Waals surface area contributed by atoms with E-state index >= 15 is 0 Å². The molecule has 1 aromatic carbocycles. The van der Waals surface area contributed by atoms with E-state index in [2.05, 4.69) is 15.3 Å². The maximum absolute atomic E-state index is 13.6. The van der Waals surface area contributed by atoms with E-state index in [9.17, 15) is 9.18 Å². The van der Waals surface area contributed by atoms with Gasteiger partial charge in [-0.25, -0.2) is 19.2 Å². The van der Waals surface area contributed by atoms with Gasteiger partial charge in [-0.2, -0.15) is 0 Å². The number of likely N-dealkylation sites (tertiary alicyclic amines) is 1. The lowest BCUT2D eigenvalue weighted by molar-refractivity contribution is 0.182. The lowest BCUT2D eigenvalue weighted by atomic mass is 10.3. The molecule has 1 aromatic heterocycles. The molecule has 24 heavy (non-hydrogen) atoms. The van der Waals surface area contributed by atoms with Gasteiger partial charge in [0.25, 0.3) is 11.8 Å². The van der Waals surface area contributed by atoms with Gasteiger partial charge >= 0.3 is 6.03 Å². The Hall–Kier alpha value is -2.90. The van der Waals surface area contributed by atoms with E-state index in [1.54, 1.807) is 17.0 Å². The molecule has 1 aliphatic rings. The number of benzene rings is 1. The van der Waals surface area contributed by atoms with Crippen molar-refractivity contribution in [2.45, 2.75) is 12.5 Å². The number of nitrogens with one attached hydrogen (secondary N) is 1. The summed E-state index contributed by atoms with van der Waals surface area (Å²) >= 11 is 0. The number of hydrogen-bond donors (Lipinski definition) is 1. The van der Waals surface area contributed by atoms with Gasteiger partial charge in [0.1, 0.15) is 11.9 Å². The molecule has 1 saturated heterocycles. The standard InChI is InChI=1S/C16H17FN4O3/c1-23-14-15(19-8-7-18-14)24-11-6-9-21(10-11)16(22)20-13-5-3-2-4-12(13)17/h2-5,7-8,11H,6,9-10H2,1H3,(H,20,22). The van der Waals surface area contributed by atoms with Crippen LogP contribution in [-0.2, 0) is 0 Å². The Balaban J connectivity index is 1.59. The second kappa shape index (κ2) is 7.12. The number of amides is 2. The van der Waals surface area contributed by atoms with Gasteiger partial charge in [-0.05, 0) is 12.1 Å². The van der Waals surface area contributed by atoms with E-state index in [4.69, 9.17) is 9.47 Å². The third-order valence-electron chi connectivity index (χ3n) is 3.65. The molecule has 0 aliphatic carbocycles. The van der Waals surface area contributed by atoms with Crippen molar-refractivity contribution < 1.29 is 18.7 Å². The third kappa shape index (κ3) is 3.53. The maximum Gasteiger partial charge on any atom is 0.322 e. The molecular formula is C16H17FN4O3. The third-order valence-corrected chi connectivity index (χ3v) is 3.65. The predicted molar refractivity (Wildman–Crippen MR) is 84.6 cm³/mol. The Bertz CT molecular complexity index is 728. The molecule has 2 aromatic rings. The molecule has 1 fully saturated rings. The Morgan fingerprint density at radius 3 is 2.79 bits per heavy atom. The van der Waals surface area contributed by atoms with Crippen LogP contribution in [0, 0.1) is 5.82 Å². The fourth-order valence-electron chi connectivity index (χ4n) is 2.46. The smallest absolute Gasteiger partial charge is 0.322 e. The first kappa shape index (κ1) is 16.0. The van der Waals surface area contributed by atoms with E-state index in [1.807, 2.05) is 0 Å². The number of aromatic nitrogens is 2. The lowest BCUT2D eigenvalue weighted by Crippen LogP contribution is -2.34. The minimum atomic E-state index is -0.470. The number of nitrogens with zero attached hydrogens (tertiary/aromatic N) is 3. The molecule has 8 heteroatoms. The van der Waals surface area contributed by atoms with Crippen molar-refractivity contribution in [2.24, 2.45) is 0 Å². The van der Waals surface area contributed by atoms with E-state index in [1.165, 1.54) is 31.6 Å². The highest BCUT2D eigenvalue weighted by molar-refractivity contribution is 5.89. The molecule has 7 nitrogen and oxygen atoms in total. The fourth-order valence-corrected chi connectivity index (χ4v) is 2.46. The second-order valence-corrected chi connectivity index (χ2v) is 5.26. The summed E-state index contributed by atoms with van der Waals surface area (Å²) in [4.78, 5) is 21.9. The summed E-state index contributed by atoms with van der Waals surface area (Å²) in [6, 6.07) is 5.68. The molecule has 2 amide bonds. The molecule has 0 spiro atoms. The first-order valence-corrected chi connectivity index (χ1v) is 7.49. The minimum absolute atomic E-state index is 0.155. The highest BCUT2D eigenvalue weighted by Gasteiger charge is 2.29.